The van der Waals surface area contributed by atoms with E-state index in [-0.39, 0.29) is 29.2 Å². The Hall–Kier alpha value is -2.18. The lowest BCUT2D eigenvalue weighted by atomic mass is 9.49. The van der Waals surface area contributed by atoms with Crippen molar-refractivity contribution in [2.24, 2.45) is 23.2 Å². The average Bonchev–Trinajstić information content (AvgIpc) is 2.63. The van der Waals surface area contributed by atoms with Gasteiger partial charge in [0.1, 0.15) is 5.75 Å². The maximum Gasteiger partial charge on any atom is 0.387 e. The van der Waals surface area contributed by atoms with E-state index >= 15 is 0 Å². The minimum absolute atomic E-state index is 0.0621. The standard InChI is InChI=1S/C21H25F2NO4/c22-20(23)28-17-3-1-2-16(7-17)19(26)27-11-18(25)24-12-21-8-13-4-14(9-21)6-15(5-13)10-21/h1-3,7,13-15,20H,4-6,8-12H2,(H,24,25). The van der Waals surface area contributed by atoms with Gasteiger partial charge in [-0.1, -0.05) is 6.07 Å². The van der Waals surface area contributed by atoms with Gasteiger partial charge < -0.3 is 14.8 Å². The van der Waals surface area contributed by atoms with E-state index in [1.807, 2.05) is 0 Å². The zero-order chi connectivity index (χ0) is 19.7. The summed E-state index contributed by atoms with van der Waals surface area (Å²) < 4.78 is 33.8. The first-order valence-electron chi connectivity index (χ1n) is 9.89. The Balaban J connectivity index is 1.25. The highest BCUT2D eigenvalue weighted by Gasteiger charge is 2.50. The maximum absolute atomic E-state index is 12.3. The molecular weight excluding hydrogens is 368 g/mol. The molecule has 1 aromatic carbocycles. The van der Waals surface area contributed by atoms with Gasteiger partial charge in [-0.2, -0.15) is 8.78 Å². The van der Waals surface area contributed by atoms with Crippen molar-refractivity contribution in [1.29, 1.82) is 0 Å². The summed E-state index contributed by atoms with van der Waals surface area (Å²) in [5, 5.41) is 2.94. The molecule has 0 atom stereocenters. The van der Waals surface area contributed by atoms with Crippen molar-refractivity contribution in [2.45, 2.75) is 45.1 Å². The van der Waals surface area contributed by atoms with Crippen molar-refractivity contribution in [3.63, 3.8) is 0 Å². The Morgan fingerprint density at radius 1 is 1.11 bits per heavy atom. The van der Waals surface area contributed by atoms with E-state index < -0.39 is 12.6 Å². The first-order valence-corrected chi connectivity index (χ1v) is 9.89. The summed E-state index contributed by atoms with van der Waals surface area (Å²) in [5.41, 5.74) is 0.280. The number of carbonyl (C=O) groups excluding carboxylic acids is 2. The van der Waals surface area contributed by atoms with Crippen LogP contribution in [0.15, 0.2) is 24.3 Å². The third-order valence-corrected chi connectivity index (χ3v) is 6.45. The smallest absolute Gasteiger partial charge is 0.387 e. The Morgan fingerprint density at radius 3 is 2.36 bits per heavy atom. The summed E-state index contributed by atoms with van der Waals surface area (Å²) in [6.45, 7) is -2.71. The van der Waals surface area contributed by atoms with Crippen LogP contribution in [0.2, 0.25) is 0 Å². The van der Waals surface area contributed by atoms with Crippen LogP contribution < -0.4 is 10.1 Å². The van der Waals surface area contributed by atoms with Crippen molar-refractivity contribution < 1.29 is 27.8 Å². The molecule has 4 fully saturated rings. The lowest BCUT2D eigenvalue weighted by Crippen LogP contribution is -2.51. The van der Waals surface area contributed by atoms with Crippen LogP contribution in [0.4, 0.5) is 8.78 Å². The molecule has 0 unspecified atom stereocenters. The van der Waals surface area contributed by atoms with Crippen LogP contribution in [-0.4, -0.2) is 31.6 Å². The highest BCUT2D eigenvalue weighted by molar-refractivity contribution is 5.91. The second-order valence-corrected chi connectivity index (χ2v) is 8.68. The molecule has 5 nitrogen and oxygen atoms in total. The molecule has 4 aliphatic rings. The Kier molecular flexibility index (Phi) is 5.25. The predicted molar refractivity (Wildman–Crippen MR) is 97.0 cm³/mol. The van der Waals surface area contributed by atoms with Crippen molar-refractivity contribution in [3.8, 4) is 5.75 Å². The quantitative estimate of drug-likeness (QED) is 0.716. The molecular formula is C21H25F2NO4. The van der Waals surface area contributed by atoms with Crippen molar-refractivity contribution in [2.75, 3.05) is 13.2 Å². The number of rotatable bonds is 7. The van der Waals surface area contributed by atoms with Crippen LogP contribution in [0.1, 0.15) is 48.9 Å². The molecule has 0 radical (unpaired) electrons. The van der Waals surface area contributed by atoms with Crippen molar-refractivity contribution in [1.82, 2.24) is 5.32 Å². The van der Waals surface area contributed by atoms with E-state index in [0.29, 0.717) is 6.54 Å². The van der Waals surface area contributed by atoms with Crippen molar-refractivity contribution >= 4 is 11.9 Å². The predicted octanol–water partition coefficient (Wildman–Crippen LogP) is 3.78. The number of nitrogens with one attached hydrogen (secondary N) is 1. The number of ether oxygens (including phenoxy) is 2. The number of carbonyl (C=O) groups is 2. The molecule has 5 rings (SSSR count). The Morgan fingerprint density at radius 2 is 1.75 bits per heavy atom. The fourth-order valence-corrected chi connectivity index (χ4v) is 5.86. The van der Waals surface area contributed by atoms with Gasteiger partial charge in [-0.3, -0.25) is 4.79 Å². The zero-order valence-electron chi connectivity index (χ0n) is 15.7. The number of esters is 1. The van der Waals surface area contributed by atoms with Crippen LogP contribution >= 0.6 is 0 Å². The van der Waals surface area contributed by atoms with E-state index in [1.165, 1.54) is 62.8 Å². The molecule has 0 spiro atoms. The van der Waals surface area contributed by atoms with Crippen LogP contribution in [0.25, 0.3) is 0 Å². The molecule has 7 heteroatoms. The fourth-order valence-electron chi connectivity index (χ4n) is 5.86. The van der Waals surface area contributed by atoms with Crippen molar-refractivity contribution in [3.05, 3.63) is 29.8 Å². The SMILES string of the molecule is O=C(COC(=O)c1cccc(OC(F)F)c1)NCC12CC3CC(CC(C3)C1)C2. The molecule has 0 saturated heterocycles. The highest BCUT2D eigenvalue weighted by Crippen LogP contribution is 2.59. The first-order chi connectivity index (χ1) is 13.4. The lowest BCUT2D eigenvalue weighted by molar-refractivity contribution is -0.126. The molecule has 0 aliphatic heterocycles. The summed E-state index contributed by atoms with van der Waals surface area (Å²) in [6.07, 6.45) is 7.61. The van der Waals surface area contributed by atoms with E-state index in [2.05, 4.69) is 10.1 Å². The summed E-state index contributed by atoms with van der Waals surface area (Å²) in [5.74, 6) is 1.22. The van der Waals surface area contributed by atoms with Gasteiger partial charge in [0.15, 0.2) is 6.61 Å². The summed E-state index contributed by atoms with van der Waals surface area (Å²) >= 11 is 0. The van der Waals surface area contributed by atoms with Crippen LogP contribution in [0, 0.1) is 23.2 Å². The van der Waals surface area contributed by atoms with Gasteiger partial charge in [-0.05, 0) is 79.9 Å². The number of benzene rings is 1. The zero-order valence-corrected chi connectivity index (χ0v) is 15.7. The normalized spacial score (nSPS) is 30.3. The molecule has 4 saturated carbocycles. The minimum atomic E-state index is -2.97. The second-order valence-electron chi connectivity index (χ2n) is 8.68. The largest absolute Gasteiger partial charge is 0.452 e. The topological polar surface area (TPSA) is 64.6 Å². The molecule has 4 aliphatic carbocycles. The third kappa shape index (κ3) is 4.28. The van der Waals surface area contributed by atoms with Gasteiger partial charge in [0.25, 0.3) is 5.91 Å². The molecule has 1 amide bonds. The average molecular weight is 393 g/mol. The minimum Gasteiger partial charge on any atom is -0.452 e. The lowest BCUT2D eigenvalue weighted by Gasteiger charge is -2.56. The van der Waals surface area contributed by atoms with Gasteiger partial charge in [-0.15, -0.1) is 0 Å². The number of alkyl halides is 2. The van der Waals surface area contributed by atoms with E-state index in [1.54, 1.807) is 0 Å². The van der Waals surface area contributed by atoms with Crippen LogP contribution in [0.5, 0.6) is 5.75 Å². The molecule has 0 aromatic heterocycles. The first kappa shape index (κ1) is 19.2. The molecule has 1 N–H and O–H groups in total. The molecule has 4 bridgehead atoms. The van der Waals surface area contributed by atoms with Gasteiger partial charge >= 0.3 is 12.6 Å². The fraction of sp³-hybridized carbons (Fsp3) is 0.619. The summed E-state index contributed by atoms with van der Waals surface area (Å²) in [7, 11) is 0. The molecule has 0 heterocycles. The van der Waals surface area contributed by atoms with Crippen LogP contribution in [-0.2, 0) is 9.53 Å². The van der Waals surface area contributed by atoms with E-state index in [0.717, 1.165) is 17.8 Å². The molecule has 152 valence electrons. The Labute approximate surface area is 162 Å². The highest BCUT2D eigenvalue weighted by atomic mass is 19.3. The second kappa shape index (κ2) is 7.68. The van der Waals surface area contributed by atoms with Gasteiger partial charge in [0, 0.05) is 6.54 Å². The number of halogens is 2. The summed E-state index contributed by atoms with van der Waals surface area (Å²) in [4.78, 5) is 24.2. The van der Waals surface area contributed by atoms with E-state index in [4.69, 9.17) is 4.74 Å². The summed E-state index contributed by atoms with van der Waals surface area (Å²) in [6, 6.07) is 5.33. The molecule has 28 heavy (non-hydrogen) atoms. The maximum atomic E-state index is 12.3. The Bertz CT molecular complexity index is 716. The molecule has 1 aromatic rings. The van der Waals surface area contributed by atoms with E-state index in [9.17, 15) is 18.4 Å². The van der Waals surface area contributed by atoms with Gasteiger partial charge in [0.2, 0.25) is 0 Å². The number of hydrogen-bond acceptors (Lipinski definition) is 4. The number of amides is 1. The van der Waals surface area contributed by atoms with Gasteiger partial charge in [0.05, 0.1) is 5.56 Å². The monoisotopic (exact) mass is 393 g/mol. The van der Waals surface area contributed by atoms with Gasteiger partial charge in [-0.25, -0.2) is 4.79 Å². The third-order valence-electron chi connectivity index (χ3n) is 6.45. The number of hydrogen-bond donors (Lipinski definition) is 1. The van der Waals surface area contributed by atoms with Crippen LogP contribution in [0.3, 0.4) is 0 Å².